The predicted molar refractivity (Wildman–Crippen MR) is 89.7 cm³/mol. The molecule has 6 heteroatoms. The van der Waals surface area contributed by atoms with E-state index in [2.05, 4.69) is 4.98 Å². The molecule has 0 saturated carbocycles. The van der Waals surface area contributed by atoms with Crippen molar-refractivity contribution >= 4 is 17.2 Å². The number of benzene rings is 1. The maximum Gasteiger partial charge on any atom is 0.410 e. The van der Waals surface area contributed by atoms with Crippen LogP contribution >= 0.6 is 0 Å². The lowest BCUT2D eigenvalue weighted by molar-refractivity contribution is -0.0802. The molecule has 2 heterocycles. The van der Waals surface area contributed by atoms with Gasteiger partial charge in [-0.1, -0.05) is 12.1 Å². The van der Waals surface area contributed by atoms with Gasteiger partial charge >= 0.3 is 6.09 Å². The first-order valence-corrected chi connectivity index (χ1v) is 8.22. The second-order valence-corrected chi connectivity index (χ2v) is 7.15. The van der Waals surface area contributed by atoms with Crippen molar-refractivity contribution in [2.45, 2.75) is 44.8 Å². The van der Waals surface area contributed by atoms with Crippen LogP contribution in [0, 0.1) is 0 Å². The molecule has 2 aromatic rings. The Kier molecular flexibility index (Phi) is 4.25. The highest BCUT2D eigenvalue weighted by Gasteiger charge is 2.42. The zero-order chi connectivity index (χ0) is 17.4. The Morgan fingerprint density at radius 2 is 1.92 bits per heavy atom. The smallest absolute Gasteiger partial charge is 0.410 e. The highest BCUT2D eigenvalue weighted by Crippen LogP contribution is 2.37. The summed E-state index contributed by atoms with van der Waals surface area (Å²) in [4.78, 5) is 18.5. The first-order chi connectivity index (χ1) is 11.3. The molecule has 1 saturated heterocycles. The number of carbonyl (C=O) groups is 1. The number of amides is 1. The fourth-order valence-electron chi connectivity index (χ4n) is 2.95. The van der Waals surface area contributed by atoms with E-state index < -0.39 is 11.2 Å². The van der Waals surface area contributed by atoms with Crippen LogP contribution in [0.25, 0.3) is 11.1 Å². The number of hydrogen-bond donors (Lipinski definition) is 0. The number of rotatable bonds is 2. The van der Waals surface area contributed by atoms with Gasteiger partial charge in [-0.3, -0.25) is 0 Å². The van der Waals surface area contributed by atoms with E-state index in [-0.39, 0.29) is 6.09 Å². The van der Waals surface area contributed by atoms with Crippen LogP contribution < -0.4 is 0 Å². The minimum Gasteiger partial charge on any atom is -0.444 e. The number of likely N-dealkylation sites (tertiary alicyclic amines) is 1. The number of aromatic nitrogens is 1. The molecule has 0 spiro atoms. The van der Waals surface area contributed by atoms with Crippen molar-refractivity contribution in [1.82, 2.24) is 9.88 Å². The summed E-state index contributed by atoms with van der Waals surface area (Å²) in [6.07, 6.45) is 0.954. The number of para-hydroxylation sites is 2. The topological polar surface area (TPSA) is 64.8 Å². The molecule has 0 aliphatic carbocycles. The van der Waals surface area contributed by atoms with Crippen LogP contribution in [0.2, 0.25) is 0 Å². The average molecular weight is 332 g/mol. The largest absolute Gasteiger partial charge is 0.444 e. The van der Waals surface area contributed by atoms with Gasteiger partial charge in [0.15, 0.2) is 5.58 Å². The van der Waals surface area contributed by atoms with Crippen molar-refractivity contribution < 1.29 is 18.7 Å². The van der Waals surface area contributed by atoms with Gasteiger partial charge in [-0.25, -0.2) is 9.78 Å². The molecule has 0 unspecified atom stereocenters. The second-order valence-electron chi connectivity index (χ2n) is 7.15. The van der Waals surface area contributed by atoms with Crippen LogP contribution in [0.5, 0.6) is 0 Å². The molecular weight excluding hydrogens is 308 g/mol. The zero-order valence-electron chi connectivity index (χ0n) is 14.7. The zero-order valence-corrected chi connectivity index (χ0v) is 14.7. The summed E-state index contributed by atoms with van der Waals surface area (Å²) >= 11 is 0. The molecule has 1 aliphatic heterocycles. The van der Waals surface area contributed by atoms with Gasteiger partial charge in [-0.15, -0.1) is 0 Å². The predicted octanol–water partition coefficient (Wildman–Crippen LogP) is 3.70. The molecule has 24 heavy (non-hydrogen) atoms. The minimum absolute atomic E-state index is 0.287. The summed E-state index contributed by atoms with van der Waals surface area (Å²) < 4.78 is 17.1. The first-order valence-electron chi connectivity index (χ1n) is 8.22. The van der Waals surface area contributed by atoms with Crippen LogP contribution in [0.15, 0.2) is 28.7 Å². The van der Waals surface area contributed by atoms with Crippen molar-refractivity contribution in [1.29, 1.82) is 0 Å². The minimum atomic E-state index is -0.600. The Labute approximate surface area is 141 Å². The lowest BCUT2D eigenvalue weighted by Gasteiger charge is -2.38. The molecule has 0 bridgehead atoms. The first kappa shape index (κ1) is 16.8. The van der Waals surface area contributed by atoms with Crippen LogP contribution in [0.1, 0.15) is 39.5 Å². The van der Waals surface area contributed by atoms with Crippen molar-refractivity contribution in [3.05, 3.63) is 30.2 Å². The average Bonchev–Trinajstić information content (AvgIpc) is 2.98. The van der Waals surface area contributed by atoms with E-state index in [9.17, 15) is 4.79 Å². The monoisotopic (exact) mass is 332 g/mol. The standard InChI is InChI=1S/C18H24N2O4/c1-17(2,3)24-16(21)20-11-9-18(22-4,10-12-20)15-19-13-7-5-6-8-14(13)23-15/h5-8H,9-12H2,1-4H3. The Bertz CT molecular complexity index is 691. The molecule has 0 atom stereocenters. The Morgan fingerprint density at radius 3 is 2.50 bits per heavy atom. The number of ether oxygens (including phenoxy) is 2. The van der Waals surface area contributed by atoms with Gasteiger partial charge in [0, 0.05) is 33.0 Å². The van der Waals surface area contributed by atoms with Crippen molar-refractivity contribution in [2.24, 2.45) is 0 Å². The van der Waals surface area contributed by atoms with Crippen LogP contribution in [0.4, 0.5) is 4.79 Å². The van der Waals surface area contributed by atoms with E-state index >= 15 is 0 Å². The highest BCUT2D eigenvalue weighted by atomic mass is 16.6. The maximum absolute atomic E-state index is 12.2. The fraction of sp³-hybridized carbons (Fsp3) is 0.556. The van der Waals surface area contributed by atoms with Crippen molar-refractivity contribution in [3.63, 3.8) is 0 Å². The number of nitrogens with zero attached hydrogens (tertiary/aromatic N) is 2. The summed E-state index contributed by atoms with van der Waals surface area (Å²) in [6, 6.07) is 7.66. The SMILES string of the molecule is COC1(c2nc3ccccc3o2)CCN(C(=O)OC(C)(C)C)CC1. The quantitative estimate of drug-likeness (QED) is 0.839. The number of oxazole rings is 1. The number of methoxy groups -OCH3 is 1. The molecule has 130 valence electrons. The van der Waals surface area contributed by atoms with Gasteiger partial charge in [0.1, 0.15) is 16.7 Å². The molecule has 1 aliphatic rings. The summed E-state index contributed by atoms with van der Waals surface area (Å²) in [5.74, 6) is 0.579. The number of hydrogen-bond acceptors (Lipinski definition) is 5. The third-order valence-electron chi connectivity index (χ3n) is 4.30. The van der Waals surface area contributed by atoms with Gasteiger partial charge in [0.25, 0.3) is 0 Å². The molecular formula is C18H24N2O4. The van der Waals surface area contributed by atoms with Gasteiger partial charge in [0.2, 0.25) is 5.89 Å². The van der Waals surface area contributed by atoms with Crippen LogP contribution in [-0.4, -0.2) is 41.8 Å². The van der Waals surface area contributed by atoms with E-state index in [4.69, 9.17) is 13.9 Å². The maximum atomic E-state index is 12.2. The van der Waals surface area contributed by atoms with Gasteiger partial charge in [-0.2, -0.15) is 0 Å². The van der Waals surface area contributed by atoms with E-state index in [0.29, 0.717) is 31.8 Å². The molecule has 1 fully saturated rings. The van der Waals surface area contributed by atoms with Gasteiger partial charge in [-0.05, 0) is 32.9 Å². The third-order valence-corrected chi connectivity index (χ3v) is 4.30. The lowest BCUT2D eigenvalue weighted by Crippen LogP contribution is -2.47. The Balaban J connectivity index is 1.75. The Hall–Kier alpha value is -2.08. The van der Waals surface area contributed by atoms with E-state index in [1.165, 1.54) is 0 Å². The highest BCUT2D eigenvalue weighted by molar-refractivity contribution is 5.72. The summed E-state index contributed by atoms with van der Waals surface area (Å²) in [5, 5.41) is 0. The van der Waals surface area contributed by atoms with E-state index in [0.717, 1.165) is 11.1 Å². The number of piperidine rings is 1. The van der Waals surface area contributed by atoms with Crippen LogP contribution in [0.3, 0.4) is 0 Å². The number of carbonyl (C=O) groups excluding carboxylic acids is 1. The second kappa shape index (κ2) is 6.09. The fourth-order valence-corrected chi connectivity index (χ4v) is 2.95. The molecule has 0 N–H and O–H groups in total. The summed E-state index contributed by atoms with van der Waals surface area (Å²) in [6.45, 7) is 6.69. The number of fused-ring (bicyclic) bond motifs is 1. The normalized spacial score (nSPS) is 17.9. The molecule has 1 aromatic carbocycles. The summed E-state index contributed by atoms with van der Waals surface area (Å²) in [7, 11) is 1.66. The molecule has 3 rings (SSSR count). The molecule has 1 amide bonds. The van der Waals surface area contributed by atoms with Crippen molar-refractivity contribution in [3.8, 4) is 0 Å². The van der Waals surface area contributed by atoms with Gasteiger partial charge in [0.05, 0.1) is 0 Å². The molecule has 6 nitrogen and oxygen atoms in total. The van der Waals surface area contributed by atoms with Gasteiger partial charge < -0.3 is 18.8 Å². The van der Waals surface area contributed by atoms with E-state index in [1.807, 2.05) is 45.0 Å². The third kappa shape index (κ3) is 3.24. The lowest BCUT2D eigenvalue weighted by atomic mass is 9.91. The van der Waals surface area contributed by atoms with Crippen LogP contribution in [-0.2, 0) is 15.1 Å². The summed E-state index contributed by atoms with van der Waals surface area (Å²) in [5.41, 5.74) is 0.474. The molecule has 1 aromatic heterocycles. The van der Waals surface area contributed by atoms with E-state index in [1.54, 1.807) is 12.0 Å². The van der Waals surface area contributed by atoms with Crippen molar-refractivity contribution in [2.75, 3.05) is 20.2 Å². The molecule has 0 radical (unpaired) electrons. The Morgan fingerprint density at radius 1 is 1.25 bits per heavy atom.